The Kier molecular flexibility index (Phi) is 4.28. The molecule has 20 heavy (non-hydrogen) atoms. The fourth-order valence-corrected chi connectivity index (χ4v) is 3.99. The van der Waals surface area contributed by atoms with Crippen molar-refractivity contribution in [3.63, 3.8) is 0 Å². The Hall–Kier alpha value is -1.22. The van der Waals surface area contributed by atoms with E-state index in [2.05, 4.69) is 0 Å². The quantitative estimate of drug-likeness (QED) is 0.664. The fraction of sp³-hybridized carbons (Fsp3) is 0.455. The van der Waals surface area contributed by atoms with Crippen LogP contribution in [0.4, 0.5) is 5.69 Å². The summed E-state index contributed by atoms with van der Waals surface area (Å²) in [4.78, 5) is 9.84. The van der Waals surface area contributed by atoms with Crippen molar-refractivity contribution >= 4 is 27.3 Å². The molecule has 1 atom stereocenters. The lowest BCUT2D eigenvalue weighted by atomic mass is 10.1. The van der Waals surface area contributed by atoms with E-state index in [1.165, 1.54) is 6.07 Å². The number of aliphatic hydroxyl groups excluding tert-OH is 1. The van der Waals surface area contributed by atoms with Gasteiger partial charge in [-0.2, -0.15) is 4.31 Å². The van der Waals surface area contributed by atoms with E-state index in [0.29, 0.717) is 6.42 Å². The Morgan fingerprint density at radius 1 is 1.50 bits per heavy atom. The Balaban J connectivity index is 2.42. The van der Waals surface area contributed by atoms with E-state index < -0.39 is 20.6 Å². The van der Waals surface area contributed by atoms with Crippen molar-refractivity contribution < 1.29 is 18.4 Å². The van der Waals surface area contributed by atoms with Crippen LogP contribution in [0.5, 0.6) is 0 Å². The number of sulfonamides is 1. The summed E-state index contributed by atoms with van der Waals surface area (Å²) >= 11 is 5.67. The highest BCUT2D eigenvalue weighted by Crippen LogP contribution is 2.31. The summed E-state index contributed by atoms with van der Waals surface area (Å²) in [5, 5.41) is 20.1. The number of nitro benzene ring substituents is 1. The van der Waals surface area contributed by atoms with Gasteiger partial charge in [-0.3, -0.25) is 10.1 Å². The molecule has 1 unspecified atom stereocenters. The predicted molar refractivity (Wildman–Crippen MR) is 72.1 cm³/mol. The van der Waals surface area contributed by atoms with Crippen molar-refractivity contribution in [2.24, 2.45) is 5.92 Å². The fourth-order valence-electron chi connectivity index (χ4n) is 2.15. The number of nitro groups is 1. The summed E-state index contributed by atoms with van der Waals surface area (Å²) in [6.45, 7) is 0.306. The van der Waals surface area contributed by atoms with Crippen molar-refractivity contribution in [2.45, 2.75) is 11.3 Å². The maximum absolute atomic E-state index is 12.4. The lowest BCUT2D eigenvalue weighted by molar-refractivity contribution is -0.387. The van der Waals surface area contributed by atoms with E-state index in [0.717, 1.165) is 16.4 Å². The Labute approximate surface area is 121 Å². The summed E-state index contributed by atoms with van der Waals surface area (Å²) in [5.41, 5.74) is -0.537. The highest BCUT2D eigenvalue weighted by Gasteiger charge is 2.36. The van der Waals surface area contributed by atoms with Crippen LogP contribution in [0.25, 0.3) is 0 Å². The minimum atomic E-state index is -3.95. The van der Waals surface area contributed by atoms with Crippen molar-refractivity contribution in [2.75, 3.05) is 19.7 Å². The summed E-state index contributed by atoms with van der Waals surface area (Å²) in [6.07, 6.45) is 0.539. The normalized spacial score (nSPS) is 20.2. The lowest BCUT2D eigenvalue weighted by Crippen LogP contribution is -2.29. The van der Waals surface area contributed by atoms with Gasteiger partial charge in [-0.25, -0.2) is 8.42 Å². The third-order valence-electron chi connectivity index (χ3n) is 3.24. The molecule has 1 aromatic rings. The smallest absolute Gasteiger partial charge is 0.290 e. The second kappa shape index (κ2) is 5.65. The maximum atomic E-state index is 12.4. The minimum Gasteiger partial charge on any atom is -0.396 e. The number of hydrogen-bond acceptors (Lipinski definition) is 5. The zero-order chi connectivity index (χ0) is 14.9. The first-order valence-electron chi connectivity index (χ1n) is 5.91. The molecule has 7 nitrogen and oxygen atoms in total. The van der Waals surface area contributed by atoms with Crippen LogP contribution in [0.3, 0.4) is 0 Å². The average Bonchev–Trinajstić information content (AvgIpc) is 2.87. The van der Waals surface area contributed by atoms with Gasteiger partial charge in [0.2, 0.25) is 10.0 Å². The number of halogens is 1. The largest absolute Gasteiger partial charge is 0.396 e. The van der Waals surface area contributed by atoms with E-state index in [1.54, 1.807) is 0 Å². The van der Waals surface area contributed by atoms with Gasteiger partial charge < -0.3 is 5.11 Å². The molecule has 0 aliphatic carbocycles. The predicted octanol–water partition coefficient (Wildman–Crippen LogP) is 1.25. The third-order valence-corrected chi connectivity index (χ3v) is 5.39. The molecule has 1 aliphatic heterocycles. The Bertz CT molecular complexity index is 634. The minimum absolute atomic E-state index is 0.102. The first-order valence-corrected chi connectivity index (χ1v) is 7.73. The van der Waals surface area contributed by atoms with Gasteiger partial charge in [-0.1, -0.05) is 11.6 Å². The molecule has 1 aromatic carbocycles. The van der Waals surface area contributed by atoms with Gasteiger partial charge in [0.05, 0.1) is 4.92 Å². The van der Waals surface area contributed by atoms with Gasteiger partial charge >= 0.3 is 0 Å². The van der Waals surface area contributed by atoms with Crippen molar-refractivity contribution in [3.8, 4) is 0 Å². The van der Waals surface area contributed by atoms with Gasteiger partial charge in [0.25, 0.3) is 5.69 Å². The van der Waals surface area contributed by atoms with E-state index in [-0.39, 0.29) is 35.5 Å². The number of benzene rings is 1. The van der Waals surface area contributed by atoms with Crippen LogP contribution in [-0.2, 0) is 10.0 Å². The van der Waals surface area contributed by atoms with Crippen molar-refractivity contribution in [1.29, 1.82) is 0 Å². The summed E-state index contributed by atoms with van der Waals surface area (Å²) in [5.74, 6) is -0.129. The molecule has 1 N–H and O–H groups in total. The molecule has 2 rings (SSSR count). The van der Waals surface area contributed by atoms with Gasteiger partial charge in [-0.05, 0) is 24.5 Å². The van der Waals surface area contributed by atoms with Crippen LogP contribution in [0.2, 0.25) is 5.02 Å². The maximum Gasteiger partial charge on any atom is 0.290 e. The first kappa shape index (κ1) is 15.2. The third kappa shape index (κ3) is 2.78. The van der Waals surface area contributed by atoms with Crippen molar-refractivity contribution in [1.82, 2.24) is 4.31 Å². The molecule has 110 valence electrons. The molecule has 0 spiro atoms. The topological polar surface area (TPSA) is 101 Å². The molecule has 1 saturated heterocycles. The number of nitrogens with zero attached hydrogens (tertiary/aromatic N) is 2. The molecule has 0 amide bonds. The zero-order valence-electron chi connectivity index (χ0n) is 10.4. The number of hydrogen-bond donors (Lipinski definition) is 1. The van der Waals surface area contributed by atoms with Crippen LogP contribution in [-0.4, -0.2) is 42.4 Å². The van der Waals surface area contributed by atoms with E-state index in [4.69, 9.17) is 16.7 Å². The molecule has 1 aliphatic rings. The number of rotatable bonds is 4. The summed E-state index contributed by atoms with van der Waals surface area (Å²) in [7, 11) is -3.95. The van der Waals surface area contributed by atoms with Crippen LogP contribution in [0.15, 0.2) is 23.1 Å². The summed E-state index contributed by atoms with van der Waals surface area (Å²) < 4.78 is 26.0. The lowest BCUT2D eigenvalue weighted by Gasteiger charge is -2.16. The van der Waals surface area contributed by atoms with Gasteiger partial charge in [0, 0.05) is 30.8 Å². The highest BCUT2D eigenvalue weighted by molar-refractivity contribution is 7.89. The molecule has 9 heteroatoms. The average molecular weight is 321 g/mol. The molecular formula is C11H13ClN2O5S. The molecular weight excluding hydrogens is 308 g/mol. The zero-order valence-corrected chi connectivity index (χ0v) is 12.0. The van der Waals surface area contributed by atoms with Crippen LogP contribution in [0, 0.1) is 16.0 Å². The molecule has 0 bridgehead atoms. The van der Waals surface area contributed by atoms with E-state index in [9.17, 15) is 18.5 Å². The van der Waals surface area contributed by atoms with Gasteiger partial charge in [-0.15, -0.1) is 0 Å². The molecule has 1 fully saturated rings. The summed E-state index contributed by atoms with van der Waals surface area (Å²) in [6, 6.07) is 3.47. The SMILES string of the molecule is O=[N+]([O-])c1cc(Cl)ccc1S(=O)(=O)N1CCC(CO)C1. The number of aliphatic hydroxyl groups is 1. The first-order chi connectivity index (χ1) is 9.36. The van der Waals surface area contributed by atoms with E-state index >= 15 is 0 Å². The highest BCUT2D eigenvalue weighted by atomic mass is 35.5. The molecule has 0 aromatic heterocycles. The van der Waals surface area contributed by atoms with E-state index in [1.807, 2.05) is 0 Å². The van der Waals surface area contributed by atoms with Gasteiger partial charge in [0.15, 0.2) is 4.90 Å². The second-order valence-electron chi connectivity index (χ2n) is 4.57. The van der Waals surface area contributed by atoms with Gasteiger partial charge in [0.1, 0.15) is 0 Å². The Morgan fingerprint density at radius 2 is 2.20 bits per heavy atom. The molecule has 0 saturated carbocycles. The van der Waals surface area contributed by atoms with Crippen LogP contribution < -0.4 is 0 Å². The molecule has 1 heterocycles. The monoisotopic (exact) mass is 320 g/mol. The molecule has 0 radical (unpaired) electrons. The van der Waals surface area contributed by atoms with Crippen molar-refractivity contribution in [3.05, 3.63) is 33.3 Å². The van der Waals surface area contributed by atoms with Crippen LogP contribution in [0.1, 0.15) is 6.42 Å². The Morgan fingerprint density at radius 3 is 2.75 bits per heavy atom. The standard InChI is InChI=1S/C11H13ClN2O5S/c12-9-1-2-11(10(5-9)14(16)17)20(18,19)13-4-3-8(6-13)7-15/h1-2,5,8,15H,3-4,6-7H2. The second-order valence-corrected chi connectivity index (χ2v) is 6.91. The van der Waals surface area contributed by atoms with Crippen LogP contribution >= 0.6 is 11.6 Å².